The van der Waals surface area contributed by atoms with Gasteiger partial charge in [-0.25, -0.2) is 0 Å². The van der Waals surface area contributed by atoms with Gasteiger partial charge < -0.3 is 15.4 Å². The molecule has 0 fully saturated rings. The van der Waals surface area contributed by atoms with Gasteiger partial charge in [0, 0.05) is 5.69 Å². The minimum Gasteiger partial charge on any atom is -0.492 e. The predicted octanol–water partition coefficient (Wildman–Crippen LogP) is 4.37. The number of benzene rings is 2. The second kappa shape index (κ2) is 7.61. The molecule has 2 N–H and O–H groups in total. The van der Waals surface area contributed by atoms with Crippen LogP contribution in [0.5, 0.6) is 5.75 Å². The smallest absolute Gasteiger partial charge is 0.249 e. The number of aromatic nitrogens is 3. The molecule has 0 spiro atoms. The summed E-state index contributed by atoms with van der Waals surface area (Å²) in [5.41, 5.74) is 4.17. The van der Waals surface area contributed by atoms with Crippen molar-refractivity contribution in [2.24, 2.45) is 0 Å². The van der Waals surface area contributed by atoms with Gasteiger partial charge in [-0.05, 0) is 50.1 Å². The van der Waals surface area contributed by atoms with E-state index >= 15 is 0 Å². The molecule has 0 radical (unpaired) electrons. The highest BCUT2D eigenvalue weighted by molar-refractivity contribution is 5.65. The molecular weight excluding hydrogens is 314 g/mol. The Morgan fingerprint density at radius 2 is 1.76 bits per heavy atom. The molecule has 0 aliphatic carbocycles. The molecule has 0 unspecified atom stereocenters. The standard InChI is InChI=1S/C19H21N5O/c1-4-25-17-11-6-5-9-16(17)21-18-12-20-24-19(23-18)22-15-10-7-8-13(2)14(15)3/h5-12H,4H2,1-3H3,(H2,21,22,23,24). The summed E-state index contributed by atoms with van der Waals surface area (Å²) in [5, 5.41) is 14.5. The average Bonchev–Trinajstić information content (AvgIpc) is 2.61. The Balaban J connectivity index is 1.81. The number of anilines is 4. The van der Waals surface area contributed by atoms with Crippen molar-refractivity contribution < 1.29 is 4.74 Å². The lowest BCUT2D eigenvalue weighted by Crippen LogP contribution is -2.04. The Hall–Kier alpha value is -3.15. The summed E-state index contributed by atoms with van der Waals surface area (Å²) in [6.45, 7) is 6.68. The lowest BCUT2D eigenvalue weighted by Gasteiger charge is -2.13. The molecule has 0 aliphatic heterocycles. The molecule has 0 bridgehead atoms. The third kappa shape index (κ3) is 4.03. The van der Waals surface area contributed by atoms with Crippen LogP contribution in [0.1, 0.15) is 18.1 Å². The van der Waals surface area contributed by atoms with Crippen molar-refractivity contribution in [3.63, 3.8) is 0 Å². The van der Waals surface area contributed by atoms with Gasteiger partial charge in [-0.1, -0.05) is 24.3 Å². The Kier molecular flexibility index (Phi) is 5.09. The van der Waals surface area contributed by atoms with E-state index in [0.29, 0.717) is 18.4 Å². The minimum atomic E-state index is 0.438. The first-order valence-electron chi connectivity index (χ1n) is 8.19. The maximum Gasteiger partial charge on any atom is 0.249 e. The molecule has 128 valence electrons. The summed E-state index contributed by atoms with van der Waals surface area (Å²) in [6.07, 6.45) is 1.58. The first-order chi connectivity index (χ1) is 12.2. The van der Waals surface area contributed by atoms with Gasteiger partial charge in [-0.15, -0.1) is 5.10 Å². The second-order valence-electron chi connectivity index (χ2n) is 5.59. The highest BCUT2D eigenvalue weighted by Crippen LogP contribution is 2.27. The van der Waals surface area contributed by atoms with Crippen LogP contribution in [0.4, 0.5) is 23.1 Å². The minimum absolute atomic E-state index is 0.438. The van der Waals surface area contributed by atoms with Crippen molar-refractivity contribution >= 4 is 23.1 Å². The first kappa shape index (κ1) is 16.7. The van der Waals surface area contributed by atoms with Gasteiger partial charge in [0.15, 0.2) is 5.82 Å². The van der Waals surface area contributed by atoms with Crippen molar-refractivity contribution in [2.75, 3.05) is 17.2 Å². The van der Waals surface area contributed by atoms with E-state index in [1.54, 1.807) is 6.20 Å². The molecule has 25 heavy (non-hydrogen) atoms. The van der Waals surface area contributed by atoms with E-state index in [-0.39, 0.29) is 0 Å². The van der Waals surface area contributed by atoms with Crippen molar-refractivity contribution in [3.05, 3.63) is 59.8 Å². The van der Waals surface area contributed by atoms with Crippen LogP contribution in [0.25, 0.3) is 0 Å². The van der Waals surface area contributed by atoms with E-state index in [4.69, 9.17) is 4.74 Å². The molecule has 0 saturated carbocycles. The fourth-order valence-electron chi connectivity index (χ4n) is 2.41. The predicted molar refractivity (Wildman–Crippen MR) is 99.9 cm³/mol. The number of ether oxygens (including phenoxy) is 1. The monoisotopic (exact) mass is 335 g/mol. The van der Waals surface area contributed by atoms with Crippen LogP contribution in [0.3, 0.4) is 0 Å². The van der Waals surface area contributed by atoms with Crippen molar-refractivity contribution in [2.45, 2.75) is 20.8 Å². The normalized spacial score (nSPS) is 10.4. The maximum absolute atomic E-state index is 5.62. The summed E-state index contributed by atoms with van der Waals surface area (Å²) in [4.78, 5) is 4.48. The number of rotatable bonds is 6. The van der Waals surface area contributed by atoms with E-state index in [2.05, 4.69) is 45.7 Å². The van der Waals surface area contributed by atoms with Crippen molar-refractivity contribution in [3.8, 4) is 5.75 Å². The van der Waals surface area contributed by atoms with Crippen LogP contribution in [-0.4, -0.2) is 21.8 Å². The van der Waals surface area contributed by atoms with Gasteiger partial charge in [0.25, 0.3) is 0 Å². The van der Waals surface area contributed by atoms with Crippen LogP contribution in [0.2, 0.25) is 0 Å². The number of nitrogens with zero attached hydrogens (tertiary/aromatic N) is 3. The average molecular weight is 335 g/mol. The summed E-state index contributed by atoms with van der Waals surface area (Å²) < 4.78 is 5.62. The largest absolute Gasteiger partial charge is 0.492 e. The zero-order chi connectivity index (χ0) is 17.6. The van der Waals surface area contributed by atoms with Gasteiger partial charge in [0.1, 0.15) is 5.75 Å². The number of hydrogen-bond donors (Lipinski definition) is 2. The van der Waals surface area contributed by atoms with E-state index in [1.807, 2.05) is 43.3 Å². The van der Waals surface area contributed by atoms with E-state index in [1.165, 1.54) is 5.56 Å². The highest BCUT2D eigenvalue weighted by atomic mass is 16.5. The van der Waals surface area contributed by atoms with E-state index in [9.17, 15) is 0 Å². The van der Waals surface area contributed by atoms with Crippen molar-refractivity contribution in [1.82, 2.24) is 15.2 Å². The third-order valence-electron chi connectivity index (χ3n) is 3.86. The molecule has 2 aromatic carbocycles. The van der Waals surface area contributed by atoms with Crippen LogP contribution >= 0.6 is 0 Å². The molecule has 1 aromatic heterocycles. The molecule has 6 heteroatoms. The number of hydrogen-bond acceptors (Lipinski definition) is 6. The molecule has 0 saturated heterocycles. The summed E-state index contributed by atoms with van der Waals surface area (Å²) in [7, 11) is 0. The summed E-state index contributed by atoms with van der Waals surface area (Å²) >= 11 is 0. The quantitative estimate of drug-likeness (QED) is 0.697. The molecule has 0 atom stereocenters. The second-order valence-corrected chi connectivity index (χ2v) is 5.59. The van der Waals surface area contributed by atoms with E-state index in [0.717, 1.165) is 22.7 Å². The molecule has 6 nitrogen and oxygen atoms in total. The summed E-state index contributed by atoms with van der Waals surface area (Å²) in [5.74, 6) is 1.80. The Morgan fingerprint density at radius 1 is 0.960 bits per heavy atom. The van der Waals surface area contributed by atoms with Gasteiger partial charge in [0.2, 0.25) is 5.95 Å². The first-order valence-corrected chi connectivity index (χ1v) is 8.19. The SMILES string of the molecule is CCOc1ccccc1Nc1cnnc(Nc2cccc(C)c2C)n1. The Morgan fingerprint density at radius 3 is 2.60 bits per heavy atom. The molecule has 3 aromatic rings. The van der Waals surface area contributed by atoms with Gasteiger partial charge in [-0.3, -0.25) is 0 Å². The molecular formula is C19H21N5O. The number of aryl methyl sites for hydroxylation is 1. The fraction of sp³-hybridized carbons (Fsp3) is 0.211. The van der Waals surface area contributed by atoms with Crippen LogP contribution < -0.4 is 15.4 Å². The third-order valence-corrected chi connectivity index (χ3v) is 3.86. The highest BCUT2D eigenvalue weighted by Gasteiger charge is 2.07. The van der Waals surface area contributed by atoms with Crippen LogP contribution in [0.15, 0.2) is 48.7 Å². The number of para-hydroxylation sites is 2. The summed E-state index contributed by atoms with van der Waals surface area (Å²) in [6, 6.07) is 13.8. The Labute approximate surface area is 147 Å². The topological polar surface area (TPSA) is 72.0 Å². The number of nitrogens with one attached hydrogen (secondary N) is 2. The van der Waals surface area contributed by atoms with Crippen molar-refractivity contribution in [1.29, 1.82) is 0 Å². The van der Waals surface area contributed by atoms with Crippen LogP contribution in [0, 0.1) is 13.8 Å². The zero-order valence-corrected chi connectivity index (χ0v) is 14.6. The molecule has 0 amide bonds. The maximum atomic E-state index is 5.62. The van der Waals surface area contributed by atoms with E-state index < -0.39 is 0 Å². The van der Waals surface area contributed by atoms with Gasteiger partial charge >= 0.3 is 0 Å². The van der Waals surface area contributed by atoms with Gasteiger partial charge in [-0.2, -0.15) is 10.1 Å². The van der Waals surface area contributed by atoms with Crippen LogP contribution in [-0.2, 0) is 0 Å². The molecule has 1 heterocycles. The van der Waals surface area contributed by atoms with Gasteiger partial charge in [0.05, 0.1) is 18.5 Å². The Bertz CT molecular complexity index is 866. The fourth-order valence-corrected chi connectivity index (χ4v) is 2.41. The molecule has 0 aliphatic rings. The zero-order valence-electron chi connectivity index (χ0n) is 14.6. The molecule has 3 rings (SSSR count). The lowest BCUT2D eigenvalue weighted by atomic mass is 10.1. The lowest BCUT2D eigenvalue weighted by molar-refractivity contribution is 0.342.